The first-order chi connectivity index (χ1) is 17.4. The summed E-state index contributed by atoms with van der Waals surface area (Å²) < 4.78 is 33.5. The van der Waals surface area contributed by atoms with Crippen molar-refractivity contribution >= 4 is 27.8 Å². The topological polar surface area (TPSA) is 98.6 Å². The largest absolute Gasteiger partial charge is 0.494 e. The predicted molar refractivity (Wildman–Crippen MR) is 132 cm³/mol. The van der Waals surface area contributed by atoms with Crippen molar-refractivity contribution in [2.75, 3.05) is 26.9 Å². The summed E-state index contributed by atoms with van der Waals surface area (Å²) in [6.07, 6.45) is 3.83. The number of carboxylic acids is 1. The van der Waals surface area contributed by atoms with E-state index in [1.54, 1.807) is 25.3 Å². The van der Waals surface area contributed by atoms with Crippen molar-refractivity contribution in [3.63, 3.8) is 0 Å². The number of nitrogens with zero attached hydrogens (tertiary/aromatic N) is 2. The van der Waals surface area contributed by atoms with Crippen LogP contribution in [0.15, 0.2) is 36.5 Å². The van der Waals surface area contributed by atoms with Gasteiger partial charge in [-0.3, -0.25) is 5.10 Å². The molecule has 0 aliphatic carbocycles. The van der Waals surface area contributed by atoms with Gasteiger partial charge in [-0.1, -0.05) is 0 Å². The van der Waals surface area contributed by atoms with Gasteiger partial charge in [-0.2, -0.15) is 5.10 Å². The number of hydrogen-bond donors (Lipinski definition) is 2. The van der Waals surface area contributed by atoms with E-state index in [1.807, 2.05) is 0 Å². The number of carboxylic acid groups (broad SMARTS) is 1. The van der Waals surface area contributed by atoms with Gasteiger partial charge >= 0.3 is 5.97 Å². The van der Waals surface area contributed by atoms with E-state index >= 15 is 0 Å². The van der Waals surface area contributed by atoms with Crippen LogP contribution in [0.3, 0.4) is 0 Å². The number of carbonyl (C=O) groups is 1. The van der Waals surface area contributed by atoms with Crippen molar-refractivity contribution < 1.29 is 28.5 Å². The summed E-state index contributed by atoms with van der Waals surface area (Å²) in [4.78, 5) is 12.0. The minimum atomic E-state index is -1.25. The maximum atomic E-state index is 14.4. The van der Waals surface area contributed by atoms with Crippen molar-refractivity contribution in [3.05, 3.63) is 53.6 Å². The number of methoxy groups -OCH3 is 1. The Balaban J connectivity index is 1.66. The van der Waals surface area contributed by atoms with Crippen LogP contribution in [0.4, 0.5) is 4.39 Å². The molecular formula is C27H28FN3O5. The van der Waals surface area contributed by atoms with E-state index in [9.17, 15) is 14.3 Å². The van der Waals surface area contributed by atoms with Crippen LogP contribution in [0.5, 0.6) is 5.75 Å². The number of aromatic amines is 1. The first-order valence-corrected chi connectivity index (χ1v) is 12.2. The SMILES string of the molecule is COc1cc(-n2c(C3CCOCC3)c(C3CO[C@@](C)(C(=O)O)C3)c3cc4[nH]ncc4cc32)ccc1F. The van der Waals surface area contributed by atoms with E-state index in [2.05, 4.69) is 26.9 Å². The van der Waals surface area contributed by atoms with Gasteiger partial charge < -0.3 is 23.9 Å². The van der Waals surface area contributed by atoms with Crippen LogP contribution in [-0.2, 0) is 14.3 Å². The number of aromatic nitrogens is 3. The summed E-state index contributed by atoms with van der Waals surface area (Å²) >= 11 is 0. The summed E-state index contributed by atoms with van der Waals surface area (Å²) in [5.74, 6) is -1.15. The number of H-pyrrole nitrogens is 1. The summed E-state index contributed by atoms with van der Waals surface area (Å²) in [5.41, 5.74) is 3.58. The second-order valence-corrected chi connectivity index (χ2v) is 9.91. The third kappa shape index (κ3) is 3.57. The summed E-state index contributed by atoms with van der Waals surface area (Å²) in [6, 6.07) is 9.07. The van der Waals surface area contributed by atoms with E-state index in [4.69, 9.17) is 14.2 Å². The fourth-order valence-electron chi connectivity index (χ4n) is 5.84. The van der Waals surface area contributed by atoms with Gasteiger partial charge in [0.25, 0.3) is 0 Å². The lowest BCUT2D eigenvalue weighted by atomic mass is 9.84. The van der Waals surface area contributed by atoms with Crippen LogP contribution in [0.1, 0.15) is 49.3 Å². The lowest BCUT2D eigenvalue weighted by Crippen LogP contribution is -2.34. The quantitative estimate of drug-likeness (QED) is 0.411. The van der Waals surface area contributed by atoms with Crippen molar-refractivity contribution in [1.29, 1.82) is 0 Å². The molecule has 0 amide bonds. The molecule has 36 heavy (non-hydrogen) atoms. The Hall–Kier alpha value is -3.43. The van der Waals surface area contributed by atoms with E-state index in [1.165, 1.54) is 13.2 Å². The standard InChI is InChI=1S/C27H28FN3O5/c1-27(26(32)33)12-17(14-36-27)24-19-11-21-16(13-29-30-21)9-22(19)31(25(24)15-5-7-35-8-6-15)18-3-4-20(28)23(10-18)34-2/h3-4,9-11,13,15,17H,5-8,12,14H2,1-2H3,(H,29,30)(H,32,33)/t17?,27-/m1/s1. The monoisotopic (exact) mass is 493 g/mol. The molecule has 2 atom stereocenters. The average Bonchev–Trinajstić information content (AvgIpc) is 3.59. The van der Waals surface area contributed by atoms with Crippen LogP contribution in [0, 0.1) is 5.82 Å². The van der Waals surface area contributed by atoms with Gasteiger partial charge in [-0.05, 0) is 56.0 Å². The van der Waals surface area contributed by atoms with Gasteiger partial charge in [0.05, 0.1) is 30.9 Å². The smallest absolute Gasteiger partial charge is 0.335 e. The molecule has 6 rings (SSSR count). The summed E-state index contributed by atoms with van der Waals surface area (Å²) in [7, 11) is 1.46. The maximum Gasteiger partial charge on any atom is 0.335 e. The Morgan fingerprint density at radius 1 is 1.25 bits per heavy atom. The van der Waals surface area contributed by atoms with Crippen molar-refractivity contribution in [2.45, 2.75) is 43.6 Å². The van der Waals surface area contributed by atoms with Crippen molar-refractivity contribution in [3.8, 4) is 11.4 Å². The second-order valence-electron chi connectivity index (χ2n) is 9.91. The van der Waals surface area contributed by atoms with Gasteiger partial charge in [0.1, 0.15) is 0 Å². The van der Waals surface area contributed by atoms with Gasteiger partial charge in [-0.25, -0.2) is 9.18 Å². The molecule has 2 N–H and O–H groups in total. The molecule has 2 aromatic heterocycles. The highest BCUT2D eigenvalue weighted by molar-refractivity contribution is 5.99. The molecule has 0 saturated carbocycles. The first kappa shape index (κ1) is 23.0. The Labute approximate surface area is 206 Å². The molecule has 8 nitrogen and oxygen atoms in total. The van der Waals surface area contributed by atoms with E-state index in [0.29, 0.717) is 26.2 Å². The zero-order chi connectivity index (χ0) is 25.0. The first-order valence-electron chi connectivity index (χ1n) is 12.2. The molecule has 2 fully saturated rings. The number of ether oxygens (including phenoxy) is 3. The number of hydrogen-bond acceptors (Lipinski definition) is 5. The number of rotatable bonds is 5. The van der Waals surface area contributed by atoms with Gasteiger partial charge in [0.15, 0.2) is 17.2 Å². The number of nitrogens with one attached hydrogen (secondary N) is 1. The third-order valence-electron chi connectivity index (χ3n) is 7.70. The van der Waals surface area contributed by atoms with Gasteiger partial charge in [0.2, 0.25) is 0 Å². The fraction of sp³-hybridized carbons (Fsp3) is 0.407. The van der Waals surface area contributed by atoms with Crippen molar-refractivity contribution in [2.24, 2.45) is 0 Å². The lowest BCUT2D eigenvalue weighted by Gasteiger charge is -2.27. The summed E-state index contributed by atoms with van der Waals surface area (Å²) in [6.45, 7) is 3.25. The summed E-state index contributed by atoms with van der Waals surface area (Å²) in [5, 5.41) is 19.1. The van der Waals surface area contributed by atoms with Crippen molar-refractivity contribution in [1.82, 2.24) is 14.8 Å². The molecule has 0 bridgehead atoms. The molecule has 2 aliphatic rings. The van der Waals surface area contributed by atoms with Crippen LogP contribution in [0.25, 0.3) is 27.5 Å². The van der Waals surface area contributed by atoms with Crippen LogP contribution < -0.4 is 4.74 Å². The molecule has 0 radical (unpaired) electrons. The van der Waals surface area contributed by atoms with E-state index < -0.39 is 17.4 Å². The minimum absolute atomic E-state index is 0.115. The minimum Gasteiger partial charge on any atom is -0.494 e. The average molecular weight is 494 g/mol. The zero-order valence-electron chi connectivity index (χ0n) is 20.2. The van der Waals surface area contributed by atoms with E-state index in [-0.39, 0.29) is 17.6 Å². The van der Waals surface area contributed by atoms with Gasteiger partial charge in [0, 0.05) is 53.3 Å². The van der Waals surface area contributed by atoms with Crippen LogP contribution >= 0.6 is 0 Å². The second kappa shape index (κ2) is 8.60. The Bertz CT molecular complexity index is 1470. The molecule has 4 heterocycles. The predicted octanol–water partition coefficient (Wildman–Crippen LogP) is 4.90. The Kier molecular flexibility index (Phi) is 5.49. The molecule has 9 heteroatoms. The lowest BCUT2D eigenvalue weighted by molar-refractivity contribution is -0.157. The van der Waals surface area contributed by atoms with Gasteiger partial charge in [-0.15, -0.1) is 0 Å². The fourth-order valence-corrected chi connectivity index (χ4v) is 5.84. The highest BCUT2D eigenvalue weighted by Gasteiger charge is 2.45. The Morgan fingerprint density at radius 3 is 2.78 bits per heavy atom. The number of fused-ring (bicyclic) bond motifs is 2. The molecule has 2 aromatic carbocycles. The molecule has 188 valence electrons. The highest BCUT2D eigenvalue weighted by Crippen LogP contribution is 2.47. The molecule has 2 saturated heterocycles. The highest BCUT2D eigenvalue weighted by atomic mass is 19.1. The number of benzene rings is 2. The zero-order valence-corrected chi connectivity index (χ0v) is 20.2. The van der Waals surface area contributed by atoms with E-state index in [0.717, 1.165) is 51.6 Å². The molecule has 1 unspecified atom stereocenters. The maximum absolute atomic E-state index is 14.4. The Morgan fingerprint density at radius 2 is 2.06 bits per heavy atom. The molecule has 0 spiro atoms. The number of halogens is 1. The molecule has 4 aromatic rings. The number of aliphatic carboxylic acids is 1. The molecule has 2 aliphatic heterocycles. The van der Waals surface area contributed by atoms with Crippen LogP contribution in [0.2, 0.25) is 0 Å². The third-order valence-corrected chi connectivity index (χ3v) is 7.70. The van der Waals surface area contributed by atoms with Crippen LogP contribution in [-0.4, -0.2) is 58.4 Å². The molecular weight excluding hydrogens is 465 g/mol. The normalized spacial score (nSPS) is 23.0.